The Labute approximate surface area is 434 Å². The van der Waals surface area contributed by atoms with Crippen molar-refractivity contribution in [3.8, 4) is 45.3 Å². The van der Waals surface area contributed by atoms with Crippen molar-refractivity contribution >= 4 is 34.6 Å². The van der Waals surface area contributed by atoms with Crippen LogP contribution >= 0.6 is 0 Å². The Balaban J connectivity index is 0.000000213. The number of para-hydroxylation sites is 4. The Morgan fingerprint density at radius 2 is 1.22 bits per heavy atom. The predicted molar refractivity (Wildman–Crippen MR) is 295 cm³/mol. The molecule has 0 aliphatic carbocycles. The molecule has 0 radical (unpaired) electrons. The summed E-state index contributed by atoms with van der Waals surface area (Å²) in [5.41, 5.74) is 16.5. The normalized spacial score (nSPS) is 10.8. The lowest BCUT2D eigenvalue weighted by atomic mass is 9.86. The van der Waals surface area contributed by atoms with Crippen molar-refractivity contribution in [1.29, 1.82) is 0 Å². The average molecular weight is 990 g/mol. The Kier molecular flexibility index (Phi) is 18.5. The molecular weight excluding hydrogens is 928 g/mol. The third-order valence-electron chi connectivity index (χ3n) is 11.5. The van der Waals surface area contributed by atoms with Gasteiger partial charge >= 0.3 is 0 Å². The Hall–Kier alpha value is -9.20. The molecule has 0 atom stereocenters. The van der Waals surface area contributed by atoms with Crippen molar-refractivity contribution in [3.63, 3.8) is 0 Å². The minimum atomic E-state index is -1.00. The molecule has 13 heteroatoms. The molecule has 0 saturated carbocycles. The number of benzene rings is 6. The fraction of sp³-hybridized carbons (Fsp3) is 0.197. The number of alkyl halides is 1. The van der Waals surface area contributed by atoms with E-state index in [2.05, 4.69) is 68.5 Å². The van der Waals surface area contributed by atoms with Crippen molar-refractivity contribution in [2.75, 3.05) is 19.4 Å². The summed E-state index contributed by atoms with van der Waals surface area (Å²) in [5.74, 6) is 0.715. The van der Waals surface area contributed by atoms with E-state index in [-0.39, 0.29) is 34.7 Å². The van der Waals surface area contributed by atoms with Crippen LogP contribution in [0.4, 0.5) is 15.9 Å². The highest BCUT2D eigenvalue weighted by molar-refractivity contribution is 6.07. The zero-order valence-corrected chi connectivity index (χ0v) is 42.9. The van der Waals surface area contributed by atoms with Gasteiger partial charge in [0.2, 0.25) is 11.5 Å². The van der Waals surface area contributed by atoms with Gasteiger partial charge in [0.1, 0.15) is 17.3 Å². The molecule has 376 valence electrons. The lowest BCUT2D eigenvalue weighted by Gasteiger charge is -2.19. The van der Waals surface area contributed by atoms with Crippen LogP contribution in [-0.4, -0.2) is 60.5 Å². The number of fused-ring (bicyclic) bond motifs is 1. The van der Waals surface area contributed by atoms with E-state index >= 15 is 0 Å². The highest BCUT2D eigenvalue weighted by atomic mass is 19.1. The second-order valence-corrected chi connectivity index (χ2v) is 18.9. The van der Waals surface area contributed by atoms with E-state index in [9.17, 15) is 19.1 Å². The number of aldehydes is 1. The van der Waals surface area contributed by atoms with Gasteiger partial charge < -0.3 is 20.8 Å². The largest absolute Gasteiger partial charge is 0.507 e. The standard InChI is InChI=1S/C30H26N4O.C13H15NO.C10H11N3.C7H6O2.CH3F/c1-19-25-26(23-13-9-10-14-24(23)35)28(31-5)27(20-15-17-21(18-16-20)30(2,3)4)32-29(25)34(33-19)22-11-7-6-8-12-22;1-13(2,3)11-7-5-10(6-8-11)12(15)9-14-4;1-8-7-10(11)13(12-8)9-5-3-2-4-6-9;8-5-6-3-1-2-4-7(6)9;1-2/h6-18,35H,1-4H3;5-8H,9H2,1-3H3;2-7H,11H2,1H3;1-5,9H;1H3/i;;;;1D. The molecule has 0 aliphatic heterocycles. The van der Waals surface area contributed by atoms with Crippen molar-refractivity contribution < 1.29 is 25.6 Å². The SMILES string of the molecule is Cc1cc(N)n(-c2ccccc2)n1.O=Cc1ccccc1O.[2H]CF.[C-]#[N+]CC(=O)c1ccc(C(C)(C)C)cc1.[C-]#[N+]c1c(-c2ccc(C(C)(C)C)cc2)nc2c(c(C)nn2-c2ccccc2)c1-c1ccccc1O. The summed E-state index contributed by atoms with van der Waals surface area (Å²) in [6, 6.07) is 50.8. The molecule has 6 aromatic carbocycles. The maximum Gasteiger partial charge on any atom is 0.276 e. The summed E-state index contributed by atoms with van der Waals surface area (Å²) < 4.78 is 19.0. The van der Waals surface area contributed by atoms with Gasteiger partial charge in [-0.1, -0.05) is 157 Å². The molecule has 0 aliphatic rings. The zero-order valence-electron chi connectivity index (χ0n) is 43.9. The van der Waals surface area contributed by atoms with Gasteiger partial charge in [-0.2, -0.15) is 10.2 Å². The fourth-order valence-electron chi connectivity index (χ4n) is 7.64. The summed E-state index contributed by atoms with van der Waals surface area (Å²) in [6.45, 7) is 31.4. The quantitative estimate of drug-likeness (QED) is 0.0809. The first-order valence-corrected chi connectivity index (χ1v) is 23.5. The molecule has 0 saturated heterocycles. The first-order valence-electron chi connectivity index (χ1n) is 24.2. The number of aryl methyl sites for hydroxylation is 2. The molecule has 0 unspecified atom stereocenters. The van der Waals surface area contributed by atoms with Crippen LogP contribution in [0.2, 0.25) is 0 Å². The van der Waals surface area contributed by atoms with Gasteiger partial charge in [0.25, 0.3) is 6.54 Å². The highest BCUT2D eigenvalue weighted by Gasteiger charge is 2.25. The van der Waals surface area contributed by atoms with Crippen molar-refractivity contribution in [2.45, 2.75) is 66.2 Å². The monoisotopic (exact) mass is 989 g/mol. The average Bonchev–Trinajstić information content (AvgIpc) is 3.93. The molecule has 0 amide bonds. The minimum absolute atomic E-state index is 0.0164. The van der Waals surface area contributed by atoms with E-state index in [1.165, 1.54) is 17.2 Å². The molecule has 0 fully saturated rings. The van der Waals surface area contributed by atoms with Gasteiger partial charge in [-0.05, 0) is 83.8 Å². The van der Waals surface area contributed by atoms with E-state index < -0.39 is 7.15 Å². The van der Waals surface area contributed by atoms with E-state index in [0.717, 1.165) is 33.7 Å². The number of phenols is 2. The molecule has 3 heterocycles. The van der Waals surface area contributed by atoms with Crippen LogP contribution in [0.1, 0.15) is 86.1 Å². The number of nitrogens with two attached hydrogens (primary N) is 1. The number of hydrogen-bond acceptors (Lipinski definition) is 8. The Morgan fingerprint density at radius 3 is 1.68 bits per heavy atom. The molecule has 0 spiro atoms. The van der Waals surface area contributed by atoms with Gasteiger partial charge in [0.15, 0.2) is 11.9 Å². The van der Waals surface area contributed by atoms with Crippen LogP contribution in [0.3, 0.4) is 0 Å². The number of nitrogen functional groups attached to an aromatic ring is 1. The van der Waals surface area contributed by atoms with Gasteiger partial charge in [-0.15, -0.1) is 0 Å². The number of halogens is 1. The number of carbonyl (C=O) groups is 2. The number of carbonyl (C=O) groups excluding carboxylic acids is 2. The van der Waals surface area contributed by atoms with Crippen molar-refractivity contribution in [2.24, 2.45) is 0 Å². The summed E-state index contributed by atoms with van der Waals surface area (Å²) in [4.78, 5) is 33.5. The van der Waals surface area contributed by atoms with E-state index in [4.69, 9.17) is 35.4 Å². The van der Waals surface area contributed by atoms with Crippen molar-refractivity contribution in [1.82, 2.24) is 24.5 Å². The number of ketones is 1. The number of anilines is 1. The number of phenolic OH excluding ortho intramolecular Hbond substituents is 2. The Bertz CT molecular complexity index is 3420. The lowest BCUT2D eigenvalue weighted by molar-refractivity contribution is 0.101. The number of nitrogens with zero attached hydrogens (tertiary/aromatic N) is 7. The van der Waals surface area contributed by atoms with Crippen LogP contribution in [0.5, 0.6) is 11.5 Å². The molecule has 9 aromatic rings. The minimum Gasteiger partial charge on any atom is -0.507 e. The number of rotatable bonds is 7. The molecule has 3 aromatic heterocycles. The number of pyridine rings is 1. The first kappa shape index (κ1) is 54.1. The summed E-state index contributed by atoms with van der Waals surface area (Å²) >= 11 is 0. The van der Waals surface area contributed by atoms with Crippen LogP contribution in [-0.2, 0) is 10.8 Å². The number of hydrogen-bond donors (Lipinski definition) is 3. The zero-order chi connectivity index (χ0) is 54.9. The summed E-state index contributed by atoms with van der Waals surface area (Å²) in [6.07, 6.45) is 0.620. The van der Waals surface area contributed by atoms with E-state index in [0.29, 0.717) is 51.4 Å². The van der Waals surface area contributed by atoms with Crippen LogP contribution in [0.15, 0.2) is 164 Å². The molecule has 9 rings (SSSR count). The maximum absolute atomic E-state index is 11.4. The smallest absolute Gasteiger partial charge is 0.276 e. The third kappa shape index (κ3) is 13.8. The van der Waals surface area contributed by atoms with Gasteiger partial charge in [0.05, 0.1) is 49.1 Å². The van der Waals surface area contributed by atoms with Gasteiger partial charge in [-0.25, -0.2) is 25.8 Å². The predicted octanol–water partition coefficient (Wildman–Crippen LogP) is 14.3. The van der Waals surface area contributed by atoms with E-state index in [1.54, 1.807) is 47.1 Å². The molecule has 4 N–H and O–H groups in total. The fourth-order valence-corrected chi connectivity index (χ4v) is 7.64. The molecular formula is C61H61FN8O4. The maximum atomic E-state index is 11.4. The Morgan fingerprint density at radius 1 is 0.716 bits per heavy atom. The first-order chi connectivity index (χ1) is 35.8. The number of aromatic nitrogens is 5. The van der Waals surface area contributed by atoms with Crippen LogP contribution in [0, 0.1) is 27.0 Å². The summed E-state index contributed by atoms with van der Waals surface area (Å²) in [5, 5.41) is 29.5. The van der Waals surface area contributed by atoms with Crippen LogP contribution < -0.4 is 5.73 Å². The topological polar surface area (TPSA) is 158 Å². The summed E-state index contributed by atoms with van der Waals surface area (Å²) in [7, 11) is -1.00. The van der Waals surface area contributed by atoms with Gasteiger partial charge in [-0.3, -0.25) is 14.0 Å². The number of aromatic hydroxyl groups is 2. The lowest BCUT2D eigenvalue weighted by Crippen LogP contribution is -2.11. The second kappa shape index (κ2) is 25.3. The van der Waals surface area contributed by atoms with Gasteiger partial charge in [0, 0.05) is 28.1 Å². The molecule has 74 heavy (non-hydrogen) atoms. The molecule has 12 nitrogen and oxygen atoms in total. The third-order valence-corrected chi connectivity index (χ3v) is 11.5. The second-order valence-electron chi connectivity index (χ2n) is 18.9. The van der Waals surface area contributed by atoms with E-state index in [1.807, 2.05) is 122 Å². The highest BCUT2D eigenvalue weighted by Crippen LogP contribution is 2.47. The number of Topliss-reactive ketones (excluding diaryl/α,β-unsaturated/α-hetero) is 1. The van der Waals surface area contributed by atoms with Crippen molar-refractivity contribution in [3.05, 3.63) is 220 Å². The molecule has 0 bridgehead atoms. The van der Waals surface area contributed by atoms with Crippen LogP contribution in [0.25, 0.3) is 54.5 Å².